The largest absolute Gasteiger partial charge is 0.481 e. The zero-order chi connectivity index (χ0) is 29.2. The highest BCUT2D eigenvalue weighted by Gasteiger charge is 2.45. The lowest BCUT2D eigenvalue weighted by Crippen LogP contribution is -2.39. The Morgan fingerprint density at radius 3 is 1.31 bits per heavy atom. The number of thioether (sulfide) groups is 2. The van der Waals surface area contributed by atoms with Crippen LogP contribution in [0.25, 0.3) is 0 Å². The van der Waals surface area contributed by atoms with Crippen LogP contribution in [0.3, 0.4) is 0 Å². The molecule has 3 aliphatic carbocycles. The second kappa shape index (κ2) is 19.7. The smallest absolute Gasteiger partial charge is 0.312 e. The quantitative estimate of drug-likeness (QED) is 0.101. The number of carbonyl (C=O) groups is 3. The number of halogens is 1. The van der Waals surface area contributed by atoms with Crippen LogP contribution in [0.5, 0.6) is 0 Å². The molecule has 39 heavy (non-hydrogen) atoms. The van der Waals surface area contributed by atoms with Crippen LogP contribution in [-0.2, 0) is 23.9 Å². The summed E-state index contributed by atoms with van der Waals surface area (Å²) < 4.78 is 10.2. The Balaban J connectivity index is 0.000000293. The summed E-state index contributed by atoms with van der Waals surface area (Å²) in [5, 5.41) is 9.96. The topological polar surface area (TPSA) is 89.9 Å². The molecular formula is C30H53BrO6S2. The molecule has 3 fully saturated rings. The van der Waals surface area contributed by atoms with Crippen molar-refractivity contribution in [3.05, 3.63) is 0 Å². The van der Waals surface area contributed by atoms with Gasteiger partial charge >= 0.3 is 17.9 Å². The van der Waals surface area contributed by atoms with E-state index in [0.717, 1.165) is 100 Å². The summed E-state index contributed by atoms with van der Waals surface area (Å²) in [5.74, 6) is 1.75. The van der Waals surface area contributed by atoms with E-state index in [1.807, 2.05) is 25.6 Å². The molecule has 0 spiro atoms. The molecular weight excluding hydrogens is 600 g/mol. The molecule has 0 aromatic rings. The predicted octanol–water partition coefficient (Wildman–Crippen LogP) is 8.14. The number of rotatable bonds is 16. The molecule has 0 bridgehead atoms. The van der Waals surface area contributed by atoms with Gasteiger partial charge in [-0.05, 0) is 115 Å². The van der Waals surface area contributed by atoms with E-state index in [9.17, 15) is 14.4 Å². The molecule has 0 aliphatic heterocycles. The molecule has 3 saturated carbocycles. The normalized spacial score (nSPS) is 19.3. The van der Waals surface area contributed by atoms with E-state index < -0.39 is 5.97 Å². The summed E-state index contributed by atoms with van der Waals surface area (Å²) in [6.07, 6.45) is 19.7. The monoisotopic (exact) mass is 652 g/mol. The van der Waals surface area contributed by atoms with Crippen LogP contribution in [0.1, 0.15) is 110 Å². The SMILES string of the molecule is CCOC(=O)C1(CCCBr)CCC1.CCOC(=O)C1(CCCSC)CCC1.CSCCCC1(C(=O)O)CCC1. The Morgan fingerprint density at radius 1 is 0.692 bits per heavy atom. The fourth-order valence-electron chi connectivity index (χ4n) is 5.58. The number of ether oxygens (including phenoxy) is 2. The van der Waals surface area contributed by atoms with Gasteiger partial charge in [-0.2, -0.15) is 23.5 Å². The molecule has 6 nitrogen and oxygen atoms in total. The fourth-order valence-corrected chi connectivity index (χ4v) is 6.72. The third kappa shape index (κ3) is 11.4. The zero-order valence-corrected chi connectivity index (χ0v) is 28.0. The summed E-state index contributed by atoms with van der Waals surface area (Å²) in [6, 6.07) is 0. The maximum absolute atomic E-state index is 11.7. The van der Waals surface area contributed by atoms with Crippen molar-refractivity contribution < 1.29 is 29.0 Å². The summed E-state index contributed by atoms with van der Waals surface area (Å²) in [7, 11) is 0. The van der Waals surface area contributed by atoms with Crippen LogP contribution in [0, 0.1) is 16.2 Å². The molecule has 0 heterocycles. The molecule has 0 aromatic carbocycles. The molecule has 0 atom stereocenters. The van der Waals surface area contributed by atoms with Gasteiger partial charge in [0.1, 0.15) is 0 Å². The number of alkyl halides is 1. The third-order valence-corrected chi connectivity index (χ3v) is 10.6. The molecule has 1 N–H and O–H groups in total. The number of aliphatic carboxylic acids is 1. The van der Waals surface area contributed by atoms with Crippen molar-refractivity contribution in [1.82, 2.24) is 0 Å². The Kier molecular flexibility index (Phi) is 18.5. The Labute approximate surface area is 254 Å². The van der Waals surface area contributed by atoms with Gasteiger partial charge in [-0.25, -0.2) is 0 Å². The van der Waals surface area contributed by atoms with E-state index in [4.69, 9.17) is 14.6 Å². The van der Waals surface area contributed by atoms with Gasteiger partial charge in [0.25, 0.3) is 0 Å². The number of carbonyl (C=O) groups excluding carboxylic acids is 2. The first kappa shape index (κ1) is 36.6. The summed E-state index contributed by atoms with van der Waals surface area (Å²) >= 11 is 7.04. The Bertz CT molecular complexity index is 720. The Hall–Kier alpha value is -0.410. The fraction of sp³-hybridized carbons (Fsp3) is 0.900. The zero-order valence-electron chi connectivity index (χ0n) is 24.8. The maximum Gasteiger partial charge on any atom is 0.312 e. The lowest BCUT2D eigenvalue weighted by molar-refractivity contribution is -0.162. The molecule has 3 aliphatic rings. The van der Waals surface area contributed by atoms with Crippen molar-refractivity contribution in [1.29, 1.82) is 0 Å². The lowest BCUT2D eigenvalue weighted by Gasteiger charge is -2.39. The first-order chi connectivity index (χ1) is 18.7. The van der Waals surface area contributed by atoms with Crippen LogP contribution in [0.2, 0.25) is 0 Å². The van der Waals surface area contributed by atoms with E-state index in [1.54, 1.807) is 11.8 Å². The summed E-state index contributed by atoms with van der Waals surface area (Å²) in [5.41, 5.74) is -0.523. The van der Waals surface area contributed by atoms with Crippen molar-refractivity contribution in [2.24, 2.45) is 16.2 Å². The van der Waals surface area contributed by atoms with Crippen LogP contribution in [-0.4, -0.2) is 65.6 Å². The van der Waals surface area contributed by atoms with Gasteiger partial charge in [-0.1, -0.05) is 35.2 Å². The third-order valence-electron chi connectivity index (χ3n) is 8.60. The average molecular weight is 654 g/mol. The first-order valence-electron chi connectivity index (χ1n) is 14.8. The highest BCUT2D eigenvalue weighted by atomic mass is 79.9. The van der Waals surface area contributed by atoms with Gasteiger partial charge in [0.2, 0.25) is 0 Å². The van der Waals surface area contributed by atoms with Gasteiger partial charge < -0.3 is 14.6 Å². The summed E-state index contributed by atoms with van der Waals surface area (Å²) in [4.78, 5) is 34.2. The van der Waals surface area contributed by atoms with Crippen LogP contribution in [0.15, 0.2) is 0 Å². The number of hydrogen-bond donors (Lipinski definition) is 1. The lowest BCUT2D eigenvalue weighted by atomic mass is 9.66. The maximum atomic E-state index is 11.7. The van der Waals surface area contributed by atoms with E-state index in [1.165, 1.54) is 12.8 Å². The van der Waals surface area contributed by atoms with Crippen LogP contribution < -0.4 is 0 Å². The highest BCUT2D eigenvalue weighted by molar-refractivity contribution is 9.09. The number of carboxylic acid groups (broad SMARTS) is 1. The minimum absolute atomic E-state index is 0.0298. The first-order valence-corrected chi connectivity index (χ1v) is 18.7. The molecule has 0 saturated heterocycles. The average Bonchev–Trinajstić information content (AvgIpc) is 2.83. The van der Waals surface area contributed by atoms with Crippen molar-refractivity contribution in [3.8, 4) is 0 Å². The highest BCUT2D eigenvalue weighted by Crippen LogP contribution is 2.47. The van der Waals surface area contributed by atoms with Crippen molar-refractivity contribution >= 4 is 57.4 Å². The number of hydrogen-bond acceptors (Lipinski definition) is 7. The second-order valence-corrected chi connectivity index (χ2v) is 13.9. The van der Waals surface area contributed by atoms with E-state index in [-0.39, 0.29) is 28.2 Å². The Morgan fingerprint density at radius 2 is 1.05 bits per heavy atom. The van der Waals surface area contributed by atoms with Gasteiger partial charge in [0, 0.05) is 5.33 Å². The van der Waals surface area contributed by atoms with E-state index in [0.29, 0.717) is 13.2 Å². The second-order valence-electron chi connectivity index (χ2n) is 11.1. The van der Waals surface area contributed by atoms with Gasteiger partial charge in [0.15, 0.2) is 0 Å². The van der Waals surface area contributed by atoms with Crippen LogP contribution in [0.4, 0.5) is 0 Å². The molecule has 0 unspecified atom stereocenters. The minimum Gasteiger partial charge on any atom is -0.481 e. The van der Waals surface area contributed by atoms with Crippen LogP contribution >= 0.6 is 39.5 Å². The number of esters is 2. The number of carboxylic acids is 1. The van der Waals surface area contributed by atoms with Crippen molar-refractivity contribution in [2.45, 2.75) is 110 Å². The minimum atomic E-state index is -0.574. The molecule has 0 amide bonds. The van der Waals surface area contributed by atoms with Crippen molar-refractivity contribution in [2.75, 3.05) is 42.6 Å². The van der Waals surface area contributed by atoms with Gasteiger partial charge in [0.05, 0.1) is 29.5 Å². The molecule has 3 rings (SSSR count). The van der Waals surface area contributed by atoms with Crippen molar-refractivity contribution in [3.63, 3.8) is 0 Å². The molecule has 0 aromatic heterocycles. The summed E-state index contributed by atoms with van der Waals surface area (Å²) in [6.45, 7) is 4.78. The van der Waals surface area contributed by atoms with E-state index >= 15 is 0 Å². The molecule has 0 radical (unpaired) electrons. The standard InChI is InChI=1S/C11H20O2S.C10H17BrO2.C9H16O2S/c1-3-13-10(12)11(6-4-7-11)8-5-9-14-2;1-2-13-9(12)10(5-3-6-10)7-4-8-11;1-12-7-3-6-9(8(10)11)4-2-5-9/h3-9H2,1-2H3;2-8H2,1H3;2-7H2,1H3,(H,10,11). The van der Waals surface area contributed by atoms with Gasteiger partial charge in [-0.3, -0.25) is 14.4 Å². The molecule has 228 valence electrons. The molecule has 9 heteroatoms. The van der Waals surface area contributed by atoms with Gasteiger partial charge in [-0.15, -0.1) is 0 Å². The van der Waals surface area contributed by atoms with E-state index in [2.05, 4.69) is 28.4 Å². The predicted molar refractivity (Wildman–Crippen MR) is 168 cm³/mol.